The Morgan fingerprint density at radius 2 is 2.07 bits per heavy atom. The molecule has 0 aliphatic carbocycles. The highest BCUT2D eigenvalue weighted by atomic mass is 16.5. The summed E-state index contributed by atoms with van der Waals surface area (Å²) in [5.41, 5.74) is 2.96. The van der Waals surface area contributed by atoms with E-state index in [2.05, 4.69) is 53.2 Å². The van der Waals surface area contributed by atoms with Crippen molar-refractivity contribution in [1.82, 2.24) is 15.1 Å². The maximum absolute atomic E-state index is 12.0. The molecule has 28 heavy (non-hydrogen) atoms. The van der Waals surface area contributed by atoms with Crippen molar-refractivity contribution < 1.29 is 9.53 Å². The van der Waals surface area contributed by atoms with Gasteiger partial charge >= 0.3 is 5.97 Å². The summed E-state index contributed by atoms with van der Waals surface area (Å²) in [4.78, 5) is 21.5. The molecule has 0 saturated carbocycles. The summed E-state index contributed by atoms with van der Waals surface area (Å²) in [5.74, 6) is 1.02. The normalized spacial score (nSPS) is 22.8. The second-order valence-corrected chi connectivity index (χ2v) is 7.90. The summed E-state index contributed by atoms with van der Waals surface area (Å²) in [6.07, 6.45) is 2.18. The van der Waals surface area contributed by atoms with E-state index in [9.17, 15) is 4.79 Å². The van der Waals surface area contributed by atoms with Gasteiger partial charge in [0.05, 0.1) is 13.0 Å². The molecule has 6 heteroatoms. The van der Waals surface area contributed by atoms with Crippen molar-refractivity contribution in [3.8, 4) is 0 Å². The maximum atomic E-state index is 12.0. The standard InChI is InChI=1S/C22H34N4O2/c1-4-23-22(26-14-17(2)20(16-26)21(27)28-3)24-11-7-12-25-13-10-18-8-5-6-9-19(18)15-25/h5-6,8-9,17,20H,4,7,10-16H2,1-3H3,(H,23,24). The largest absolute Gasteiger partial charge is 0.469 e. The molecule has 2 heterocycles. The van der Waals surface area contributed by atoms with Crippen molar-refractivity contribution in [3.05, 3.63) is 35.4 Å². The lowest BCUT2D eigenvalue weighted by Crippen LogP contribution is -2.41. The number of aliphatic imine (C=N–C) groups is 1. The van der Waals surface area contributed by atoms with E-state index in [0.29, 0.717) is 6.54 Å². The first-order chi connectivity index (χ1) is 13.6. The zero-order valence-corrected chi connectivity index (χ0v) is 17.5. The Bertz CT molecular complexity index is 691. The molecular formula is C22H34N4O2. The lowest BCUT2D eigenvalue weighted by Gasteiger charge is -2.28. The van der Waals surface area contributed by atoms with Gasteiger partial charge in [-0.1, -0.05) is 31.2 Å². The highest BCUT2D eigenvalue weighted by molar-refractivity contribution is 5.82. The minimum absolute atomic E-state index is 0.0673. The van der Waals surface area contributed by atoms with Gasteiger partial charge < -0.3 is 15.0 Å². The predicted molar refractivity (Wildman–Crippen MR) is 112 cm³/mol. The van der Waals surface area contributed by atoms with Gasteiger partial charge in [0, 0.05) is 45.8 Å². The molecule has 1 fully saturated rings. The number of methoxy groups -OCH3 is 1. The van der Waals surface area contributed by atoms with Crippen molar-refractivity contribution >= 4 is 11.9 Å². The number of esters is 1. The molecule has 6 nitrogen and oxygen atoms in total. The van der Waals surface area contributed by atoms with E-state index in [1.165, 1.54) is 18.2 Å². The molecule has 0 amide bonds. The van der Waals surface area contributed by atoms with E-state index >= 15 is 0 Å². The molecular weight excluding hydrogens is 352 g/mol. The molecule has 0 spiro atoms. The molecule has 1 N–H and O–H groups in total. The summed E-state index contributed by atoms with van der Waals surface area (Å²) < 4.78 is 4.95. The van der Waals surface area contributed by atoms with Crippen LogP contribution in [0.2, 0.25) is 0 Å². The summed E-state index contributed by atoms with van der Waals surface area (Å²) in [5, 5.41) is 3.38. The molecule has 154 valence electrons. The number of benzene rings is 1. The van der Waals surface area contributed by atoms with Gasteiger partial charge in [0.25, 0.3) is 0 Å². The minimum Gasteiger partial charge on any atom is -0.469 e. The molecule has 1 aromatic carbocycles. The first kappa shape index (κ1) is 20.6. The molecule has 2 atom stereocenters. The number of carbonyl (C=O) groups excluding carboxylic acids is 1. The highest BCUT2D eigenvalue weighted by Gasteiger charge is 2.36. The molecule has 1 aromatic rings. The van der Waals surface area contributed by atoms with E-state index < -0.39 is 0 Å². The lowest BCUT2D eigenvalue weighted by molar-refractivity contribution is -0.145. The first-order valence-electron chi connectivity index (χ1n) is 10.5. The van der Waals surface area contributed by atoms with Crippen LogP contribution in [0.15, 0.2) is 29.3 Å². The van der Waals surface area contributed by atoms with Gasteiger partial charge in [0.1, 0.15) is 0 Å². The fourth-order valence-corrected chi connectivity index (χ4v) is 4.25. The van der Waals surface area contributed by atoms with E-state index in [4.69, 9.17) is 9.73 Å². The van der Waals surface area contributed by atoms with Crippen molar-refractivity contribution in [2.45, 2.75) is 33.2 Å². The topological polar surface area (TPSA) is 57.2 Å². The number of nitrogens with one attached hydrogen (secondary N) is 1. The van der Waals surface area contributed by atoms with Gasteiger partial charge in [-0.3, -0.25) is 14.7 Å². The van der Waals surface area contributed by atoms with Crippen LogP contribution < -0.4 is 5.32 Å². The number of fused-ring (bicyclic) bond motifs is 1. The van der Waals surface area contributed by atoms with Gasteiger partial charge in [-0.15, -0.1) is 0 Å². The number of nitrogens with zero attached hydrogens (tertiary/aromatic N) is 3. The quantitative estimate of drug-likeness (QED) is 0.351. The van der Waals surface area contributed by atoms with E-state index in [0.717, 1.165) is 58.1 Å². The van der Waals surface area contributed by atoms with Crippen LogP contribution in [0.1, 0.15) is 31.4 Å². The fourth-order valence-electron chi connectivity index (χ4n) is 4.25. The fraction of sp³-hybridized carbons (Fsp3) is 0.636. The molecule has 0 bridgehead atoms. The monoisotopic (exact) mass is 386 g/mol. The van der Waals surface area contributed by atoms with Gasteiger partial charge in [0.15, 0.2) is 5.96 Å². The van der Waals surface area contributed by atoms with Gasteiger partial charge in [-0.2, -0.15) is 0 Å². The summed E-state index contributed by atoms with van der Waals surface area (Å²) in [6.45, 7) is 10.6. The molecule has 0 aromatic heterocycles. The Balaban J connectivity index is 1.49. The van der Waals surface area contributed by atoms with Crippen LogP contribution >= 0.6 is 0 Å². The van der Waals surface area contributed by atoms with Crippen molar-refractivity contribution in [2.75, 3.05) is 46.4 Å². The Labute approximate surface area is 168 Å². The highest BCUT2D eigenvalue weighted by Crippen LogP contribution is 2.24. The molecule has 2 unspecified atom stereocenters. The number of likely N-dealkylation sites (tertiary alicyclic amines) is 1. The average Bonchev–Trinajstić information content (AvgIpc) is 3.11. The molecule has 1 saturated heterocycles. The number of guanidine groups is 1. The van der Waals surface area contributed by atoms with Crippen LogP contribution in [0.5, 0.6) is 0 Å². The third kappa shape index (κ3) is 5.04. The number of ether oxygens (including phenoxy) is 1. The Hall–Kier alpha value is -2.08. The number of hydrogen-bond acceptors (Lipinski definition) is 4. The predicted octanol–water partition coefficient (Wildman–Crippen LogP) is 2.14. The van der Waals surface area contributed by atoms with Gasteiger partial charge in [-0.25, -0.2) is 0 Å². The third-order valence-corrected chi connectivity index (χ3v) is 5.85. The minimum atomic E-state index is -0.115. The Morgan fingerprint density at radius 3 is 2.82 bits per heavy atom. The average molecular weight is 387 g/mol. The lowest BCUT2D eigenvalue weighted by atomic mass is 9.99. The Kier molecular flexibility index (Phi) is 7.31. The number of hydrogen-bond donors (Lipinski definition) is 1. The van der Waals surface area contributed by atoms with Crippen LogP contribution in [0.3, 0.4) is 0 Å². The zero-order chi connectivity index (χ0) is 19.9. The molecule has 0 radical (unpaired) electrons. The van der Waals surface area contributed by atoms with Crippen molar-refractivity contribution in [2.24, 2.45) is 16.8 Å². The first-order valence-corrected chi connectivity index (χ1v) is 10.5. The smallest absolute Gasteiger partial charge is 0.310 e. The van der Waals surface area contributed by atoms with Crippen LogP contribution in [0.4, 0.5) is 0 Å². The van der Waals surface area contributed by atoms with Gasteiger partial charge in [0.2, 0.25) is 0 Å². The van der Waals surface area contributed by atoms with Crippen LogP contribution in [-0.4, -0.2) is 68.1 Å². The van der Waals surface area contributed by atoms with Gasteiger partial charge in [-0.05, 0) is 36.8 Å². The van der Waals surface area contributed by atoms with Crippen molar-refractivity contribution in [1.29, 1.82) is 0 Å². The van der Waals surface area contributed by atoms with Crippen LogP contribution in [0.25, 0.3) is 0 Å². The number of rotatable bonds is 6. The summed E-state index contributed by atoms with van der Waals surface area (Å²) >= 11 is 0. The van der Waals surface area contributed by atoms with Crippen LogP contribution in [-0.2, 0) is 22.5 Å². The number of carbonyl (C=O) groups is 1. The summed E-state index contributed by atoms with van der Waals surface area (Å²) in [6, 6.07) is 8.76. The second-order valence-electron chi connectivity index (χ2n) is 7.90. The Morgan fingerprint density at radius 1 is 1.29 bits per heavy atom. The third-order valence-electron chi connectivity index (χ3n) is 5.85. The molecule has 3 rings (SSSR count). The van der Waals surface area contributed by atoms with E-state index in [1.54, 1.807) is 0 Å². The maximum Gasteiger partial charge on any atom is 0.310 e. The van der Waals surface area contributed by atoms with E-state index in [1.807, 2.05) is 0 Å². The SMILES string of the molecule is CCNC(=NCCCN1CCc2ccccc2C1)N1CC(C)C(C(=O)OC)C1. The molecule has 2 aliphatic rings. The molecule has 2 aliphatic heterocycles. The zero-order valence-electron chi connectivity index (χ0n) is 17.5. The summed E-state index contributed by atoms with van der Waals surface area (Å²) in [7, 11) is 1.47. The van der Waals surface area contributed by atoms with Crippen molar-refractivity contribution in [3.63, 3.8) is 0 Å². The van der Waals surface area contributed by atoms with E-state index in [-0.39, 0.29) is 17.8 Å². The second kappa shape index (κ2) is 9.92. The van der Waals surface area contributed by atoms with Crippen LogP contribution in [0, 0.1) is 11.8 Å².